The number of carbonyl (C=O) groups excluding carboxylic acids is 2. The van der Waals surface area contributed by atoms with Gasteiger partial charge in [-0.05, 0) is 62.0 Å². The monoisotopic (exact) mass is 446 g/mol. The molecular weight excluding hydrogens is 408 g/mol. The predicted molar refractivity (Wildman–Crippen MR) is 120 cm³/mol. The van der Waals surface area contributed by atoms with Gasteiger partial charge < -0.3 is 19.7 Å². The molecule has 3 unspecified atom stereocenters. The Balaban J connectivity index is 1.78. The van der Waals surface area contributed by atoms with Gasteiger partial charge in [-0.25, -0.2) is 0 Å². The van der Waals surface area contributed by atoms with Crippen LogP contribution in [-0.2, 0) is 19.1 Å². The fourth-order valence-corrected chi connectivity index (χ4v) is 8.38. The molecule has 6 heteroatoms. The molecule has 4 rings (SSSR count). The Labute approximate surface area is 191 Å². The van der Waals surface area contributed by atoms with Crippen LogP contribution in [0.3, 0.4) is 0 Å². The number of rotatable bonds is 6. The van der Waals surface area contributed by atoms with Crippen LogP contribution >= 0.6 is 0 Å². The lowest BCUT2D eigenvalue weighted by molar-refractivity contribution is -0.225. The summed E-state index contributed by atoms with van der Waals surface area (Å²) in [6.07, 6.45) is 6.84. The summed E-state index contributed by atoms with van der Waals surface area (Å²) < 4.78 is 11.7. The van der Waals surface area contributed by atoms with E-state index in [1.807, 2.05) is 19.9 Å². The molecule has 0 amide bonds. The normalized spacial score (nSPS) is 47.5. The first-order valence-corrected chi connectivity index (χ1v) is 12.1. The van der Waals surface area contributed by atoms with Gasteiger partial charge in [-0.2, -0.15) is 0 Å². The van der Waals surface area contributed by atoms with Crippen LogP contribution in [0.4, 0.5) is 0 Å². The number of carbonyl (C=O) groups is 2. The Morgan fingerprint density at radius 1 is 1.25 bits per heavy atom. The van der Waals surface area contributed by atoms with E-state index in [0.717, 1.165) is 18.4 Å². The van der Waals surface area contributed by atoms with Crippen molar-refractivity contribution in [1.29, 1.82) is 0 Å². The molecule has 32 heavy (non-hydrogen) atoms. The zero-order chi connectivity index (χ0) is 23.5. The molecule has 9 atom stereocenters. The molecule has 4 aliphatic rings. The van der Waals surface area contributed by atoms with E-state index in [9.17, 15) is 19.8 Å². The van der Waals surface area contributed by atoms with Crippen molar-refractivity contribution in [2.24, 2.45) is 40.4 Å². The number of ether oxygens (including phenoxy) is 2. The van der Waals surface area contributed by atoms with Crippen molar-refractivity contribution in [3.05, 3.63) is 23.8 Å². The molecule has 3 saturated carbocycles. The summed E-state index contributed by atoms with van der Waals surface area (Å²) in [5.74, 6) is 0.134. The number of Topliss-reactive ketones (excluding diaryl/α,β-unsaturated/α-hetero) is 1. The van der Waals surface area contributed by atoms with Crippen molar-refractivity contribution in [3.8, 4) is 0 Å². The third-order valence-corrected chi connectivity index (χ3v) is 9.49. The summed E-state index contributed by atoms with van der Waals surface area (Å²) in [7, 11) is 0. The Kier molecular flexibility index (Phi) is 6.07. The van der Waals surface area contributed by atoms with Crippen molar-refractivity contribution >= 4 is 11.6 Å². The standard InChI is InChI=1S/C26H38O6/c1-6-31-14-32-26(22(30)13-27)16(3)10-20-18-9-15(2)19-11-17(28)7-8-24(19,4)23(18)21(29)12-25(20,26)5/h7-8,11,15-16,18,20-21,23,27,29H,6,9-10,12-14H2,1-5H3/t15?,16?,18-,20-,21?,23+,24-,25-,26-/m0/s1. The number of allylic oxidation sites excluding steroid dienone is 4. The van der Waals surface area contributed by atoms with Crippen molar-refractivity contribution < 1.29 is 29.3 Å². The zero-order valence-corrected chi connectivity index (χ0v) is 20.0. The molecule has 0 aromatic rings. The van der Waals surface area contributed by atoms with Crippen LogP contribution in [-0.4, -0.2) is 53.5 Å². The number of ketones is 2. The first-order chi connectivity index (χ1) is 15.1. The predicted octanol–water partition coefficient (Wildman–Crippen LogP) is 3.07. The molecule has 0 heterocycles. The summed E-state index contributed by atoms with van der Waals surface area (Å²) in [5.41, 5.74) is -1.06. The van der Waals surface area contributed by atoms with E-state index in [-0.39, 0.29) is 53.4 Å². The lowest BCUT2D eigenvalue weighted by atomic mass is 9.44. The van der Waals surface area contributed by atoms with E-state index in [1.54, 1.807) is 12.2 Å². The van der Waals surface area contributed by atoms with Gasteiger partial charge in [0, 0.05) is 23.4 Å². The largest absolute Gasteiger partial charge is 0.393 e. The molecule has 0 radical (unpaired) electrons. The fourth-order valence-electron chi connectivity index (χ4n) is 8.38. The van der Waals surface area contributed by atoms with Crippen LogP contribution in [0.1, 0.15) is 53.9 Å². The number of fused-ring (bicyclic) bond motifs is 5. The Morgan fingerprint density at radius 3 is 2.62 bits per heavy atom. The van der Waals surface area contributed by atoms with Gasteiger partial charge >= 0.3 is 0 Å². The number of aliphatic hydroxyl groups is 2. The van der Waals surface area contributed by atoms with Gasteiger partial charge in [0.1, 0.15) is 19.0 Å². The molecule has 0 saturated heterocycles. The summed E-state index contributed by atoms with van der Waals surface area (Å²) in [5, 5.41) is 21.5. The minimum Gasteiger partial charge on any atom is -0.393 e. The maximum absolute atomic E-state index is 13.3. The van der Waals surface area contributed by atoms with E-state index in [4.69, 9.17) is 9.47 Å². The van der Waals surface area contributed by atoms with Gasteiger partial charge in [0.2, 0.25) is 0 Å². The zero-order valence-electron chi connectivity index (χ0n) is 20.0. The molecule has 0 bridgehead atoms. The quantitative estimate of drug-likeness (QED) is 0.481. The molecular formula is C26H38O6. The minimum atomic E-state index is -1.19. The smallest absolute Gasteiger partial charge is 0.190 e. The summed E-state index contributed by atoms with van der Waals surface area (Å²) in [4.78, 5) is 25.4. The third kappa shape index (κ3) is 3.06. The SMILES string of the molecule is CCOCO[C@]1(C(=O)CO)C(C)C[C@H]2[C@@H]3CC(C)C4=CC(=O)C=C[C@]4(C)[C@H]3C(O)C[C@@]21C. The second-order valence-corrected chi connectivity index (χ2v) is 10.9. The molecule has 0 aromatic carbocycles. The van der Waals surface area contributed by atoms with Gasteiger partial charge in [0.15, 0.2) is 11.6 Å². The van der Waals surface area contributed by atoms with E-state index < -0.39 is 23.7 Å². The van der Waals surface area contributed by atoms with Gasteiger partial charge in [-0.1, -0.05) is 39.3 Å². The van der Waals surface area contributed by atoms with Gasteiger partial charge in [-0.3, -0.25) is 9.59 Å². The summed E-state index contributed by atoms with van der Waals surface area (Å²) in [6, 6.07) is 0. The van der Waals surface area contributed by atoms with Crippen molar-refractivity contribution in [2.75, 3.05) is 20.0 Å². The Hall–Kier alpha value is -1.34. The van der Waals surface area contributed by atoms with Gasteiger partial charge in [-0.15, -0.1) is 0 Å². The average molecular weight is 447 g/mol. The van der Waals surface area contributed by atoms with E-state index in [0.29, 0.717) is 13.0 Å². The van der Waals surface area contributed by atoms with Crippen LogP contribution in [0.2, 0.25) is 0 Å². The van der Waals surface area contributed by atoms with Crippen LogP contribution in [0.15, 0.2) is 23.8 Å². The molecule has 178 valence electrons. The molecule has 3 fully saturated rings. The lowest BCUT2D eigenvalue weighted by Crippen LogP contribution is -2.64. The van der Waals surface area contributed by atoms with Crippen LogP contribution in [0, 0.1) is 40.4 Å². The van der Waals surface area contributed by atoms with Gasteiger partial charge in [0.05, 0.1) is 6.10 Å². The molecule has 0 aromatic heterocycles. The average Bonchev–Trinajstić information content (AvgIpc) is 2.96. The highest BCUT2D eigenvalue weighted by atomic mass is 16.7. The second kappa shape index (κ2) is 8.15. The maximum Gasteiger partial charge on any atom is 0.190 e. The van der Waals surface area contributed by atoms with Crippen molar-refractivity contribution in [2.45, 2.75) is 65.6 Å². The van der Waals surface area contributed by atoms with E-state index >= 15 is 0 Å². The van der Waals surface area contributed by atoms with Crippen molar-refractivity contribution in [1.82, 2.24) is 0 Å². The molecule has 6 nitrogen and oxygen atoms in total. The van der Waals surface area contributed by atoms with E-state index in [2.05, 4.69) is 20.8 Å². The van der Waals surface area contributed by atoms with Gasteiger partial charge in [0.25, 0.3) is 0 Å². The summed E-state index contributed by atoms with van der Waals surface area (Å²) in [6.45, 7) is 10.2. The molecule has 0 spiro atoms. The summed E-state index contributed by atoms with van der Waals surface area (Å²) >= 11 is 0. The Morgan fingerprint density at radius 2 is 1.97 bits per heavy atom. The maximum atomic E-state index is 13.3. The van der Waals surface area contributed by atoms with Crippen molar-refractivity contribution in [3.63, 3.8) is 0 Å². The number of hydrogen-bond acceptors (Lipinski definition) is 6. The minimum absolute atomic E-state index is 0.00899. The number of hydrogen-bond donors (Lipinski definition) is 2. The first kappa shape index (κ1) is 23.8. The third-order valence-electron chi connectivity index (χ3n) is 9.49. The van der Waals surface area contributed by atoms with Crippen LogP contribution < -0.4 is 0 Å². The van der Waals surface area contributed by atoms with Crippen LogP contribution in [0.25, 0.3) is 0 Å². The molecule has 4 aliphatic carbocycles. The molecule has 2 N–H and O–H groups in total. The highest BCUT2D eigenvalue weighted by Gasteiger charge is 2.71. The first-order valence-electron chi connectivity index (χ1n) is 12.1. The Bertz CT molecular complexity index is 847. The fraction of sp³-hybridized carbons (Fsp3) is 0.769. The highest BCUT2D eigenvalue weighted by molar-refractivity contribution is 6.01. The lowest BCUT2D eigenvalue weighted by Gasteiger charge is -2.61. The van der Waals surface area contributed by atoms with Crippen LogP contribution in [0.5, 0.6) is 0 Å². The topological polar surface area (TPSA) is 93.1 Å². The van der Waals surface area contributed by atoms with E-state index in [1.165, 1.54) is 0 Å². The second-order valence-electron chi connectivity index (χ2n) is 10.9. The highest BCUT2D eigenvalue weighted by Crippen LogP contribution is 2.69. The number of aliphatic hydroxyl groups excluding tert-OH is 2. The molecule has 0 aliphatic heterocycles.